The first-order valence-electron chi connectivity index (χ1n) is 7.00. The van der Waals surface area contributed by atoms with Gasteiger partial charge < -0.3 is 4.90 Å². The predicted molar refractivity (Wildman–Crippen MR) is 83.9 cm³/mol. The second kappa shape index (κ2) is 6.12. The Balaban J connectivity index is 0.00000161. The normalized spacial score (nSPS) is 23.6. The molecule has 1 saturated heterocycles. The van der Waals surface area contributed by atoms with Crippen LogP contribution in [0.4, 0.5) is 5.69 Å². The lowest BCUT2D eigenvalue weighted by Gasteiger charge is -2.36. The summed E-state index contributed by atoms with van der Waals surface area (Å²) in [5.41, 5.74) is 0.583. The maximum absolute atomic E-state index is 12.0. The molecule has 21 heavy (non-hydrogen) atoms. The van der Waals surface area contributed by atoms with Crippen LogP contribution in [0, 0.1) is 0 Å². The highest BCUT2D eigenvalue weighted by molar-refractivity contribution is 7.90. The van der Waals surface area contributed by atoms with Crippen LogP contribution in [0.2, 0.25) is 0 Å². The number of hydrogen-bond donors (Lipinski definition) is 1. The molecule has 1 unspecified atom stereocenters. The molecule has 0 spiro atoms. The Bertz CT molecular complexity index is 586. The minimum Gasteiger partial charge on any atom is -0.304 e. The molecule has 7 nitrogen and oxygen atoms in total. The average Bonchev–Trinajstić information content (AvgIpc) is 3.09. The number of rotatable bonds is 4. The minimum absolute atomic E-state index is 0. The van der Waals surface area contributed by atoms with Gasteiger partial charge in [0, 0.05) is 12.7 Å². The quantitative estimate of drug-likeness (QED) is 0.879. The summed E-state index contributed by atoms with van der Waals surface area (Å²) < 4.78 is 27.2. The van der Waals surface area contributed by atoms with E-state index in [9.17, 15) is 8.42 Å². The molecule has 0 radical (unpaired) electrons. The number of nitrogens with zero attached hydrogens (tertiary/aromatic N) is 4. The molecule has 2 heterocycles. The van der Waals surface area contributed by atoms with Crippen LogP contribution in [0.15, 0.2) is 12.4 Å². The Labute approximate surface area is 131 Å². The Hall–Kier alpha value is -0.830. The number of likely N-dealkylation sites (N-methyl/N-ethyl adjacent to an activating group) is 1. The van der Waals surface area contributed by atoms with E-state index in [1.807, 2.05) is 11.7 Å². The third-order valence-electron chi connectivity index (χ3n) is 3.97. The number of piperidine rings is 1. The van der Waals surface area contributed by atoms with E-state index >= 15 is 0 Å². The van der Waals surface area contributed by atoms with Crippen molar-refractivity contribution in [3.8, 4) is 0 Å². The molecule has 0 amide bonds. The van der Waals surface area contributed by atoms with Crippen molar-refractivity contribution in [3.05, 3.63) is 12.4 Å². The molecule has 1 aromatic heterocycles. The molecule has 0 aromatic carbocycles. The third kappa shape index (κ3) is 3.68. The van der Waals surface area contributed by atoms with Crippen LogP contribution < -0.4 is 9.44 Å². The first-order chi connectivity index (χ1) is 9.45. The lowest BCUT2D eigenvalue weighted by atomic mass is 10.1. The van der Waals surface area contributed by atoms with E-state index in [1.165, 1.54) is 4.31 Å². The summed E-state index contributed by atoms with van der Waals surface area (Å²) in [6.07, 6.45) is 7.44. The molecule has 1 aliphatic carbocycles. The van der Waals surface area contributed by atoms with Crippen LogP contribution in [0.3, 0.4) is 0 Å². The first kappa shape index (κ1) is 16.5. The molecule has 2 fully saturated rings. The topological polar surface area (TPSA) is 84.5 Å². The second-order valence-electron chi connectivity index (χ2n) is 5.81. The molecular formula is C12H22ClN5O2S. The maximum atomic E-state index is 12.0. The predicted octanol–water partition coefficient (Wildman–Crippen LogP) is 0.744. The van der Waals surface area contributed by atoms with Crippen LogP contribution in [-0.2, 0) is 10.2 Å². The van der Waals surface area contributed by atoms with E-state index < -0.39 is 10.2 Å². The summed E-state index contributed by atoms with van der Waals surface area (Å²) in [6.45, 7) is 1.70. The number of nitrogens with two attached hydrogens (primary N) is 1. The fourth-order valence-corrected chi connectivity index (χ4v) is 3.85. The second-order valence-corrected chi connectivity index (χ2v) is 7.23. The van der Waals surface area contributed by atoms with Gasteiger partial charge in [-0.3, -0.25) is 8.99 Å². The largest absolute Gasteiger partial charge is 0.304 e. The average molecular weight is 336 g/mol. The molecule has 0 bridgehead atoms. The Kier molecular flexibility index (Phi) is 4.82. The molecule has 1 saturated carbocycles. The van der Waals surface area contributed by atoms with Crippen molar-refractivity contribution in [2.75, 3.05) is 24.4 Å². The summed E-state index contributed by atoms with van der Waals surface area (Å²) >= 11 is 0. The van der Waals surface area contributed by atoms with Crippen LogP contribution in [0.5, 0.6) is 0 Å². The zero-order chi connectivity index (χ0) is 14.3. The summed E-state index contributed by atoms with van der Waals surface area (Å²) in [5, 5.41) is 9.70. The van der Waals surface area contributed by atoms with Crippen LogP contribution in [-0.4, -0.2) is 49.3 Å². The molecule has 2 N–H and O–H groups in total. The van der Waals surface area contributed by atoms with E-state index in [0.29, 0.717) is 18.3 Å². The standard InChI is InChI=1S/C12H21N5O2S.ClH/c1-15-6-2-3-11(8-15)17(20(13,18)19)12-7-14-16(9-12)10-4-5-10;/h7,9-11H,2-6,8H2,1H3,(H2,13,18,19);1H. The summed E-state index contributed by atoms with van der Waals surface area (Å²) in [7, 11) is -1.78. The third-order valence-corrected chi connectivity index (χ3v) is 5.03. The van der Waals surface area contributed by atoms with Crippen molar-refractivity contribution in [2.24, 2.45) is 5.14 Å². The van der Waals surface area contributed by atoms with Crippen molar-refractivity contribution in [1.82, 2.24) is 14.7 Å². The molecule has 1 atom stereocenters. The van der Waals surface area contributed by atoms with E-state index in [1.54, 1.807) is 12.4 Å². The van der Waals surface area contributed by atoms with E-state index in [4.69, 9.17) is 5.14 Å². The van der Waals surface area contributed by atoms with Gasteiger partial charge in [0.15, 0.2) is 0 Å². The number of anilines is 1. The van der Waals surface area contributed by atoms with Gasteiger partial charge in [-0.05, 0) is 39.3 Å². The zero-order valence-electron chi connectivity index (χ0n) is 12.1. The first-order valence-corrected chi connectivity index (χ1v) is 8.50. The van der Waals surface area contributed by atoms with Crippen molar-refractivity contribution in [1.29, 1.82) is 0 Å². The SMILES string of the molecule is CN1CCCC(N(c2cnn(C3CC3)c2)S(N)(=O)=O)C1.Cl. The fraction of sp³-hybridized carbons (Fsp3) is 0.750. The van der Waals surface area contributed by atoms with Crippen LogP contribution in [0.1, 0.15) is 31.7 Å². The molecular weight excluding hydrogens is 314 g/mol. The molecule has 120 valence electrons. The van der Waals surface area contributed by atoms with Crippen LogP contribution in [0.25, 0.3) is 0 Å². The highest BCUT2D eigenvalue weighted by atomic mass is 35.5. The lowest BCUT2D eigenvalue weighted by molar-refractivity contribution is 0.253. The van der Waals surface area contributed by atoms with Crippen molar-refractivity contribution < 1.29 is 8.42 Å². The molecule has 3 rings (SSSR count). The van der Waals surface area contributed by atoms with Gasteiger partial charge in [-0.25, -0.2) is 5.14 Å². The number of halogens is 1. The minimum atomic E-state index is -3.78. The Morgan fingerprint density at radius 1 is 1.38 bits per heavy atom. The highest BCUT2D eigenvalue weighted by Crippen LogP contribution is 2.35. The van der Waals surface area contributed by atoms with Gasteiger partial charge in [0.1, 0.15) is 0 Å². The summed E-state index contributed by atoms with van der Waals surface area (Å²) in [4.78, 5) is 2.14. The smallest absolute Gasteiger partial charge is 0.299 e. The highest BCUT2D eigenvalue weighted by Gasteiger charge is 2.32. The summed E-state index contributed by atoms with van der Waals surface area (Å²) in [5.74, 6) is 0. The van der Waals surface area contributed by atoms with Gasteiger partial charge in [0.2, 0.25) is 0 Å². The van der Waals surface area contributed by atoms with Gasteiger partial charge in [0.05, 0.1) is 24.0 Å². The van der Waals surface area contributed by atoms with Crippen LogP contribution >= 0.6 is 12.4 Å². The molecule has 1 aromatic rings. The van der Waals surface area contributed by atoms with E-state index in [-0.39, 0.29) is 18.4 Å². The van der Waals surface area contributed by atoms with E-state index in [0.717, 1.165) is 32.2 Å². The lowest BCUT2D eigenvalue weighted by Crippen LogP contribution is -2.51. The van der Waals surface area contributed by atoms with Gasteiger partial charge in [-0.2, -0.15) is 13.5 Å². The van der Waals surface area contributed by atoms with Crippen molar-refractivity contribution in [3.63, 3.8) is 0 Å². The Morgan fingerprint density at radius 2 is 2.10 bits per heavy atom. The zero-order valence-corrected chi connectivity index (χ0v) is 13.7. The number of aromatic nitrogens is 2. The van der Waals surface area contributed by atoms with Gasteiger partial charge in [-0.15, -0.1) is 12.4 Å². The fourth-order valence-electron chi connectivity index (χ4n) is 2.88. The monoisotopic (exact) mass is 335 g/mol. The van der Waals surface area contributed by atoms with Gasteiger partial charge in [0.25, 0.3) is 10.2 Å². The molecule has 2 aliphatic rings. The van der Waals surface area contributed by atoms with Gasteiger partial charge >= 0.3 is 0 Å². The summed E-state index contributed by atoms with van der Waals surface area (Å²) in [6, 6.07) is 0.320. The van der Waals surface area contributed by atoms with Crippen molar-refractivity contribution >= 4 is 28.3 Å². The van der Waals surface area contributed by atoms with E-state index in [2.05, 4.69) is 10.00 Å². The number of hydrogen-bond acceptors (Lipinski definition) is 4. The maximum Gasteiger partial charge on any atom is 0.299 e. The number of likely N-dealkylation sites (tertiary alicyclic amines) is 1. The molecule has 1 aliphatic heterocycles. The molecule has 9 heteroatoms. The van der Waals surface area contributed by atoms with Crippen molar-refractivity contribution in [2.45, 2.75) is 37.8 Å². The Morgan fingerprint density at radius 3 is 2.67 bits per heavy atom. The van der Waals surface area contributed by atoms with Gasteiger partial charge in [-0.1, -0.05) is 0 Å².